The molecule has 0 bridgehead atoms. The number of esters is 1. The van der Waals surface area contributed by atoms with E-state index in [1.54, 1.807) is 49.9 Å². The van der Waals surface area contributed by atoms with Gasteiger partial charge in [-0.3, -0.25) is 9.59 Å². The Balaban J connectivity index is 1.07. The van der Waals surface area contributed by atoms with Gasteiger partial charge in [0.1, 0.15) is 5.75 Å². The summed E-state index contributed by atoms with van der Waals surface area (Å²) in [5, 5.41) is 13.4. The summed E-state index contributed by atoms with van der Waals surface area (Å²) in [7, 11) is 3.18. The van der Waals surface area contributed by atoms with Gasteiger partial charge < -0.3 is 44.4 Å². The van der Waals surface area contributed by atoms with Crippen LogP contribution in [0.15, 0.2) is 60.7 Å². The van der Waals surface area contributed by atoms with E-state index in [1.807, 2.05) is 53.4 Å². The second-order valence-electron chi connectivity index (χ2n) is 14.6. The minimum Gasteiger partial charge on any atom is -0.507 e. The zero-order valence-corrected chi connectivity index (χ0v) is 32.0. The quantitative estimate of drug-likeness (QED) is 0.306. The molecule has 14 heteroatoms. The van der Waals surface area contributed by atoms with Crippen molar-refractivity contribution in [2.75, 3.05) is 76.7 Å². The van der Waals surface area contributed by atoms with Crippen molar-refractivity contribution in [1.29, 1.82) is 0 Å². The van der Waals surface area contributed by atoms with Gasteiger partial charge in [0.2, 0.25) is 0 Å². The highest BCUT2D eigenvalue weighted by atomic mass is 16.6. The molecule has 3 aliphatic heterocycles. The van der Waals surface area contributed by atoms with Gasteiger partial charge in [0.05, 0.1) is 5.56 Å². The molecule has 0 unspecified atom stereocenters. The van der Waals surface area contributed by atoms with E-state index in [0.717, 1.165) is 28.9 Å². The molecule has 0 saturated carbocycles. The van der Waals surface area contributed by atoms with Crippen LogP contribution in [0.3, 0.4) is 0 Å². The third kappa shape index (κ3) is 9.30. The predicted octanol–water partition coefficient (Wildman–Crippen LogP) is 4.21. The zero-order valence-electron chi connectivity index (χ0n) is 32.0. The molecule has 0 radical (unpaired) electrons. The molecule has 2 N–H and O–H groups in total. The Morgan fingerprint density at radius 1 is 0.873 bits per heavy atom. The molecule has 3 heterocycles. The van der Waals surface area contributed by atoms with E-state index in [1.165, 1.54) is 4.90 Å². The number of carbonyl (C=O) groups is 5. The number of ether oxygens (including phenoxy) is 2. The topological polar surface area (TPSA) is 152 Å². The number of fused-ring (bicyclic) bond motifs is 1. The number of nitrogens with zero attached hydrogens (tertiary/aromatic N) is 5. The van der Waals surface area contributed by atoms with Crippen LogP contribution in [-0.4, -0.2) is 133 Å². The van der Waals surface area contributed by atoms with E-state index < -0.39 is 18.2 Å². The number of aryl methyl sites for hydroxylation is 2. The highest BCUT2D eigenvalue weighted by molar-refractivity contribution is 5.92. The Kier molecular flexibility index (Phi) is 12.1. The van der Waals surface area contributed by atoms with Crippen molar-refractivity contribution in [3.05, 3.63) is 88.5 Å². The molecule has 0 aliphatic carbocycles. The van der Waals surface area contributed by atoms with Crippen LogP contribution in [-0.2, 0) is 31.9 Å². The second-order valence-corrected chi connectivity index (χ2v) is 14.6. The molecular formula is C41H50N6O8. The molecular weight excluding hydrogens is 704 g/mol. The summed E-state index contributed by atoms with van der Waals surface area (Å²) < 4.78 is 11.2. The minimum absolute atomic E-state index is 0.0289. The number of phenols is 1. The lowest BCUT2D eigenvalue weighted by atomic mass is 10.0. The van der Waals surface area contributed by atoms with Crippen molar-refractivity contribution in [1.82, 2.24) is 19.6 Å². The van der Waals surface area contributed by atoms with Crippen molar-refractivity contribution in [3.63, 3.8) is 0 Å². The first-order chi connectivity index (χ1) is 26.4. The number of likely N-dealkylation sites (tertiary alicyclic amines) is 1. The Morgan fingerprint density at radius 3 is 2.18 bits per heavy atom. The van der Waals surface area contributed by atoms with Gasteiger partial charge in [-0.1, -0.05) is 30.3 Å². The number of nitrogens with one attached hydrogen (secondary N) is 1. The van der Waals surface area contributed by atoms with Gasteiger partial charge in [0, 0.05) is 83.7 Å². The number of rotatable bonds is 9. The lowest BCUT2D eigenvalue weighted by molar-refractivity contribution is -0.141. The Hall–Kier alpha value is -5.79. The molecule has 1 atom stereocenters. The monoisotopic (exact) mass is 754 g/mol. The molecule has 0 aromatic heterocycles. The van der Waals surface area contributed by atoms with E-state index in [-0.39, 0.29) is 42.7 Å². The van der Waals surface area contributed by atoms with Crippen LogP contribution in [0.2, 0.25) is 0 Å². The normalized spacial score (nSPS) is 16.8. The van der Waals surface area contributed by atoms with Crippen molar-refractivity contribution < 1.29 is 38.6 Å². The van der Waals surface area contributed by atoms with E-state index >= 15 is 0 Å². The van der Waals surface area contributed by atoms with Crippen LogP contribution in [0.4, 0.5) is 21.0 Å². The molecule has 292 valence electrons. The van der Waals surface area contributed by atoms with E-state index in [9.17, 15) is 29.1 Å². The molecule has 5 amide bonds. The van der Waals surface area contributed by atoms with Crippen molar-refractivity contribution in [2.45, 2.75) is 51.7 Å². The van der Waals surface area contributed by atoms with Crippen LogP contribution in [0.25, 0.3) is 0 Å². The van der Waals surface area contributed by atoms with Crippen molar-refractivity contribution >= 4 is 41.3 Å². The standard InChI is InChI=1S/C41H50N6O8/c1-27-23-29(24-28(2)37(27)49)25-35(55-41(53)46-16-14-33(15-17-46)47-18-13-30-7-5-6-8-34(30)42-40(47)52)38(50)45-21-19-44(20-22-45)32-11-9-31(10-12-32)39(51)54-26-36(48)43(3)4/h5-12,23-24,33,35,49H,13-22,25-26H2,1-4H3,(H,42,52)/t35-/m1/s1. The number of carbonyl (C=O) groups excluding carboxylic acids is 5. The number of para-hydroxylation sites is 1. The minimum atomic E-state index is -1.08. The Bertz CT molecular complexity index is 1880. The number of hydrogen-bond acceptors (Lipinski definition) is 9. The number of piperidine rings is 1. The largest absolute Gasteiger partial charge is 0.507 e. The third-order valence-corrected chi connectivity index (χ3v) is 10.7. The maximum Gasteiger partial charge on any atom is 0.410 e. The maximum atomic E-state index is 14.1. The number of aromatic hydroxyl groups is 1. The summed E-state index contributed by atoms with van der Waals surface area (Å²) in [5.41, 5.74) is 5.24. The summed E-state index contributed by atoms with van der Waals surface area (Å²) in [5.74, 6) is -1.00. The SMILES string of the molecule is Cc1cc(C[C@@H](OC(=O)N2CCC(N3CCc4ccccc4NC3=O)CC2)C(=O)N2CCN(c3ccc(C(=O)OCC(=O)N(C)C)cc3)CC2)cc(C)c1O. The Labute approximate surface area is 321 Å². The fourth-order valence-electron chi connectivity index (χ4n) is 7.39. The van der Waals surface area contributed by atoms with E-state index in [4.69, 9.17) is 9.47 Å². The van der Waals surface area contributed by atoms with Gasteiger partial charge >= 0.3 is 18.1 Å². The van der Waals surface area contributed by atoms with Gasteiger partial charge in [-0.05, 0) is 85.7 Å². The maximum absolute atomic E-state index is 14.1. The number of phenolic OH excluding ortho intramolecular Hbond substituents is 1. The van der Waals surface area contributed by atoms with Crippen LogP contribution in [0.1, 0.15) is 45.5 Å². The molecule has 2 fully saturated rings. The van der Waals surface area contributed by atoms with Crippen LogP contribution >= 0.6 is 0 Å². The first-order valence-electron chi connectivity index (χ1n) is 18.8. The molecule has 6 rings (SSSR count). The summed E-state index contributed by atoms with van der Waals surface area (Å²) in [6.07, 6.45) is 0.424. The molecule has 3 aromatic rings. The van der Waals surface area contributed by atoms with Gasteiger partial charge in [-0.15, -0.1) is 0 Å². The number of benzene rings is 3. The first kappa shape index (κ1) is 38.9. The van der Waals surface area contributed by atoms with Crippen molar-refractivity contribution in [3.8, 4) is 5.75 Å². The third-order valence-electron chi connectivity index (χ3n) is 10.7. The number of anilines is 2. The zero-order chi connectivity index (χ0) is 39.2. The highest BCUT2D eigenvalue weighted by Crippen LogP contribution is 2.27. The highest BCUT2D eigenvalue weighted by Gasteiger charge is 2.35. The lowest BCUT2D eigenvalue weighted by Gasteiger charge is -2.39. The molecule has 14 nitrogen and oxygen atoms in total. The molecule has 2 saturated heterocycles. The molecule has 55 heavy (non-hydrogen) atoms. The van der Waals surface area contributed by atoms with Crippen LogP contribution in [0.5, 0.6) is 5.75 Å². The number of urea groups is 1. The smallest absolute Gasteiger partial charge is 0.410 e. The lowest BCUT2D eigenvalue weighted by Crippen LogP contribution is -2.54. The average molecular weight is 755 g/mol. The van der Waals surface area contributed by atoms with Gasteiger partial charge in [-0.2, -0.15) is 0 Å². The van der Waals surface area contributed by atoms with E-state index in [2.05, 4.69) is 10.2 Å². The van der Waals surface area contributed by atoms with Crippen molar-refractivity contribution in [2.24, 2.45) is 0 Å². The predicted molar refractivity (Wildman–Crippen MR) is 206 cm³/mol. The van der Waals surface area contributed by atoms with E-state index in [0.29, 0.717) is 75.3 Å². The van der Waals surface area contributed by atoms with Gasteiger partial charge in [0.25, 0.3) is 11.8 Å². The average Bonchev–Trinajstić information content (AvgIpc) is 3.36. The molecule has 3 aromatic carbocycles. The van der Waals surface area contributed by atoms with Gasteiger partial charge in [-0.25, -0.2) is 14.4 Å². The number of piperazine rings is 1. The van der Waals surface area contributed by atoms with Gasteiger partial charge in [0.15, 0.2) is 12.7 Å². The number of hydrogen-bond donors (Lipinski definition) is 2. The number of amides is 5. The van der Waals surface area contributed by atoms with Crippen LogP contribution < -0.4 is 10.2 Å². The summed E-state index contributed by atoms with van der Waals surface area (Å²) in [6, 6.07) is 18.2. The number of likely N-dealkylation sites (N-methyl/N-ethyl adjacent to an activating group) is 1. The summed E-state index contributed by atoms with van der Waals surface area (Å²) in [4.78, 5) is 73.8. The fourth-order valence-corrected chi connectivity index (χ4v) is 7.39. The first-order valence-corrected chi connectivity index (χ1v) is 18.8. The fraction of sp³-hybridized carbons (Fsp3) is 0.439. The van der Waals surface area contributed by atoms with Crippen LogP contribution in [0, 0.1) is 13.8 Å². The summed E-state index contributed by atoms with van der Waals surface area (Å²) in [6.45, 7) is 6.46. The Morgan fingerprint density at radius 2 is 1.53 bits per heavy atom. The summed E-state index contributed by atoms with van der Waals surface area (Å²) >= 11 is 0. The molecule has 0 spiro atoms. The second kappa shape index (κ2) is 17.1. The molecule has 3 aliphatic rings.